The zero-order valence-corrected chi connectivity index (χ0v) is 18.9. The molecule has 1 saturated heterocycles. The van der Waals surface area contributed by atoms with E-state index in [1.54, 1.807) is 4.90 Å². The van der Waals surface area contributed by atoms with Crippen LogP contribution in [-0.2, 0) is 11.2 Å². The summed E-state index contributed by atoms with van der Waals surface area (Å²) in [5.41, 5.74) is 2.26. The lowest BCUT2D eigenvalue weighted by molar-refractivity contribution is -0.133. The zero-order chi connectivity index (χ0) is 22.3. The zero-order valence-electron chi connectivity index (χ0n) is 18.9. The smallest absolute Gasteiger partial charge is 0.328 e. The molecule has 0 aliphatic carbocycles. The first-order valence-electron chi connectivity index (χ1n) is 11.0. The molecule has 3 heterocycles. The van der Waals surface area contributed by atoms with Gasteiger partial charge in [-0.2, -0.15) is 0 Å². The summed E-state index contributed by atoms with van der Waals surface area (Å²) in [5, 5.41) is 1.07. The highest BCUT2D eigenvalue weighted by Crippen LogP contribution is 2.46. The summed E-state index contributed by atoms with van der Waals surface area (Å²) in [6.45, 7) is 12.2. The molecule has 4 rings (SSSR count). The molecule has 166 valence electrons. The van der Waals surface area contributed by atoms with E-state index in [1.807, 2.05) is 52.1 Å². The predicted octanol–water partition coefficient (Wildman–Crippen LogP) is 3.71. The number of amides is 3. The molecule has 2 aliphatic heterocycles. The van der Waals surface area contributed by atoms with Crippen molar-refractivity contribution < 1.29 is 14.3 Å². The van der Waals surface area contributed by atoms with Crippen LogP contribution in [0.5, 0.6) is 5.75 Å². The van der Waals surface area contributed by atoms with Gasteiger partial charge in [0.1, 0.15) is 11.3 Å². The third-order valence-electron chi connectivity index (χ3n) is 6.58. The Kier molecular flexibility index (Phi) is 5.56. The number of rotatable bonds is 8. The number of carbonyl (C=O) groups is 2. The molecule has 7 heteroatoms. The molecule has 2 aromatic rings. The van der Waals surface area contributed by atoms with Crippen LogP contribution in [0.3, 0.4) is 0 Å². The van der Waals surface area contributed by atoms with Crippen LogP contribution in [0, 0.1) is 0 Å². The first kappa shape index (κ1) is 21.4. The highest BCUT2D eigenvalue weighted by Gasteiger charge is 2.58. The molecule has 1 N–H and O–H groups in total. The van der Waals surface area contributed by atoms with Gasteiger partial charge in [-0.05, 0) is 64.5 Å². The molecular formula is C24H32N4O3. The maximum Gasteiger partial charge on any atom is 0.328 e. The number of aromatic amines is 1. The maximum atomic E-state index is 13.5. The third-order valence-corrected chi connectivity index (χ3v) is 6.58. The van der Waals surface area contributed by atoms with Crippen LogP contribution in [-0.4, -0.2) is 70.4 Å². The number of hydrogen-bond acceptors (Lipinski definition) is 4. The number of carbonyl (C=O) groups excluding carboxylic acids is 2. The second-order valence-electron chi connectivity index (χ2n) is 8.80. The number of fused-ring (bicyclic) bond motifs is 4. The van der Waals surface area contributed by atoms with Crippen molar-refractivity contribution in [2.75, 3.05) is 33.3 Å². The molecule has 3 amide bonds. The van der Waals surface area contributed by atoms with Gasteiger partial charge in [0.05, 0.1) is 12.6 Å². The van der Waals surface area contributed by atoms with E-state index in [9.17, 15) is 9.59 Å². The Balaban J connectivity index is 1.62. The highest BCUT2D eigenvalue weighted by molar-refractivity contribution is 6.08. The fourth-order valence-electron chi connectivity index (χ4n) is 5.11. The van der Waals surface area contributed by atoms with Gasteiger partial charge in [0.15, 0.2) is 0 Å². The Morgan fingerprint density at radius 1 is 1.39 bits per heavy atom. The molecule has 0 unspecified atom stereocenters. The van der Waals surface area contributed by atoms with Crippen LogP contribution in [0.15, 0.2) is 30.9 Å². The summed E-state index contributed by atoms with van der Waals surface area (Å²) >= 11 is 0. The second-order valence-corrected chi connectivity index (χ2v) is 8.80. The summed E-state index contributed by atoms with van der Waals surface area (Å²) < 4.78 is 5.69. The summed E-state index contributed by atoms with van der Waals surface area (Å²) in [6.07, 6.45) is 3.09. The largest absolute Gasteiger partial charge is 0.494 e. The lowest BCUT2D eigenvalue weighted by Gasteiger charge is -2.40. The third kappa shape index (κ3) is 3.41. The first-order chi connectivity index (χ1) is 14.8. The molecule has 0 saturated carbocycles. The average Bonchev–Trinajstić information content (AvgIpc) is 3.17. The van der Waals surface area contributed by atoms with E-state index in [-0.39, 0.29) is 18.0 Å². The van der Waals surface area contributed by atoms with E-state index in [1.165, 1.54) is 4.90 Å². The number of imide groups is 1. The van der Waals surface area contributed by atoms with Crippen molar-refractivity contribution in [1.82, 2.24) is 19.7 Å². The van der Waals surface area contributed by atoms with Crippen molar-refractivity contribution in [3.05, 3.63) is 42.1 Å². The number of H-pyrrole nitrogens is 1. The molecule has 2 atom stereocenters. The van der Waals surface area contributed by atoms with Gasteiger partial charge in [-0.25, -0.2) is 4.79 Å². The lowest BCUT2D eigenvalue weighted by Crippen LogP contribution is -2.52. The molecule has 2 aliphatic rings. The van der Waals surface area contributed by atoms with Gasteiger partial charge in [0.2, 0.25) is 0 Å². The Bertz CT molecular complexity index is 1030. The number of ether oxygens (including phenoxy) is 1. The van der Waals surface area contributed by atoms with E-state index >= 15 is 0 Å². The normalized spacial score (nSPS) is 22.9. The molecule has 1 fully saturated rings. The number of hydrogen-bond donors (Lipinski definition) is 1. The molecule has 0 radical (unpaired) electrons. The summed E-state index contributed by atoms with van der Waals surface area (Å²) in [6, 6.07) is 5.60. The quantitative estimate of drug-likeness (QED) is 0.518. The van der Waals surface area contributed by atoms with Crippen LogP contribution in [0.1, 0.15) is 44.5 Å². The SMILES string of the molecule is C=CCN(C)CCCN1C(=O)N2[C@H](C)c3[nH]c4ccc(OCC)cc4c3C[C@@]2(C)C1=O. The van der Waals surface area contributed by atoms with Crippen molar-refractivity contribution in [3.63, 3.8) is 0 Å². The Morgan fingerprint density at radius 2 is 2.16 bits per heavy atom. The first-order valence-corrected chi connectivity index (χ1v) is 11.0. The minimum Gasteiger partial charge on any atom is -0.494 e. The Hall–Kier alpha value is -2.80. The Labute approximate surface area is 183 Å². The molecule has 7 nitrogen and oxygen atoms in total. The summed E-state index contributed by atoms with van der Waals surface area (Å²) in [7, 11) is 2.01. The van der Waals surface area contributed by atoms with Crippen molar-refractivity contribution in [2.24, 2.45) is 0 Å². The van der Waals surface area contributed by atoms with E-state index in [0.717, 1.165) is 47.4 Å². The number of nitrogens with zero attached hydrogens (tertiary/aromatic N) is 3. The minimum atomic E-state index is -0.868. The number of benzene rings is 1. The number of urea groups is 1. The Morgan fingerprint density at radius 3 is 2.87 bits per heavy atom. The molecule has 0 bridgehead atoms. The van der Waals surface area contributed by atoms with Gasteiger partial charge in [0.25, 0.3) is 5.91 Å². The van der Waals surface area contributed by atoms with Crippen LogP contribution >= 0.6 is 0 Å². The second kappa shape index (κ2) is 8.04. The van der Waals surface area contributed by atoms with Crippen molar-refractivity contribution in [1.29, 1.82) is 0 Å². The average molecular weight is 425 g/mol. The highest BCUT2D eigenvalue weighted by atomic mass is 16.5. The van der Waals surface area contributed by atoms with Gasteiger partial charge < -0.3 is 19.5 Å². The fraction of sp³-hybridized carbons (Fsp3) is 0.500. The van der Waals surface area contributed by atoms with Crippen molar-refractivity contribution in [2.45, 2.75) is 45.2 Å². The van der Waals surface area contributed by atoms with Crippen LogP contribution < -0.4 is 4.74 Å². The summed E-state index contributed by atoms with van der Waals surface area (Å²) in [5.74, 6) is 0.716. The van der Waals surface area contributed by atoms with Crippen molar-refractivity contribution >= 4 is 22.8 Å². The maximum absolute atomic E-state index is 13.5. The number of aromatic nitrogens is 1. The predicted molar refractivity (Wildman–Crippen MR) is 121 cm³/mol. The molecule has 0 spiro atoms. The van der Waals surface area contributed by atoms with Gasteiger partial charge in [-0.15, -0.1) is 6.58 Å². The van der Waals surface area contributed by atoms with Gasteiger partial charge in [-0.3, -0.25) is 9.69 Å². The van der Waals surface area contributed by atoms with Gasteiger partial charge in [-0.1, -0.05) is 6.08 Å². The van der Waals surface area contributed by atoms with Gasteiger partial charge in [0, 0.05) is 36.1 Å². The fourth-order valence-corrected chi connectivity index (χ4v) is 5.11. The number of likely N-dealkylation sites (N-methyl/N-ethyl adjacent to an activating group) is 1. The minimum absolute atomic E-state index is 0.100. The molecular weight excluding hydrogens is 392 g/mol. The molecule has 1 aromatic carbocycles. The molecule has 31 heavy (non-hydrogen) atoms. The van der Waals surface area contributed by atoms with E-state index in [4.69, 9.17) is 4.74 Å². The van der Waals surface area contributed by atoms with Gasteiger partial charge >= 0.3 is 6.03 Å². The van der Waals surface area contributed by atoms with Crippen LogP contribution in [0.4, 0.5) is 4.79 Å². The van der Waals surface area contributed by atoms with E-state index in [2.05, 4.69) is 16.5 Å². The number of nitrogens with one attached hydrogen (secondary N) is 1. The monoisotopic (exact) mass is 424 g/mol. The van der Waals surface area contributed by atoms with Crippen molar-refractivity contribution in [3.8, 4) is 5.75 Å². The van der Waals surface area contributed by atoms with E-state index < -0.39 is 5.54 Å². The van der Waals surface area contributed by atoms with E-state index in [0.29, 0.717) is 19.6 Å². The lowest BCUT2D eigenvalue weighted by atomic mass is 9.83. The topological polar surface area (TPSA) is 68.9 Å². The standard InChI is InChI=1S/C24H32N4O3/c1-6-11-26(5)12-8-13-27-22(29)24(4)15-19-18-14-17(31-7-2)9-10-20(18)25-21(19)16(3)28(24)23(27)30/h6,9-10,14,16,25H,1,7-8,11-13,15H2,2-5H3/t16-,24+/m1/s1. The van der Waals surface area contributed by atoms with Crippen LogP contribution in [0.2, 0.25) is 0 Å². The molecule has 1 aromatic heterocycles. The van der Waals surface area contributed by atoms with Crippen LogP contribution in [0.25, 0.3) is 10.9 Å². The summed E-state index contributed by atoms with van der Waals surface area (Å²) in [4.78, 5) is 35.6.